The quantitative estimate of drug-likeness (QED) is 0.645. The third-order valence-electron chi connectivity index (χ3n) is 3.17. The lowest BCUT2D eigenvalue weighted by atomic mass is 9.93. The molecule has 2 heteroatoms. The molecule has 0 aliphatic heterocycles. The number of nitrogens with zero attached hydrogens (tertiary/aromatic N) is 1. The Labute approximate surface area is 82.3 Å². The first-order valence-electron chi connectivity index (χ1n) is 5.28. The first-order chi connectivity index (χ1) is 6.01. The summed E-state index contributed by atoms with van der Waals surface area (Å²) in [4.78, 5) is 13.5. The van der Waals surface area contributed by atoms with E-state index in [1.165, 1.54) is 0 Å². The molecular weight excluding hydrogens is 162 g/mol. The minimum atomic E-state index is 0.0479. The van der Waals surface area contributed by atoms with Crippen LogP contribution in [0.15, 0.2) is 0 Å². The van der Waals surface area contributed by atoms with Crippen molar-refractivity contribution in [2.24, 2.45) is 0 Å². The Hall–Kier alpha value is -0.530. The van der Waals surface area contributed by atoms with Crippen molar-refractivity contribution >= 4 is 5.91 Å². The average molecular weight is 185 g/mol. The van der Waals surface area contributed by atoms with Crippen LogP contribution in [0.4, 0.5) is 0 Å². The molecule has 0 atom stereocenters. The molecule has 0 rings (SSSR count). The molecule has 78 valence electrons. The van der Waals surface area contributed by atoms with E-state index in [1.54, 1.807) is 0 Å². The van der Waals surface area contributed by atoms with Crippen molar-refractivity contribution in [3.63, 3.8) is 0 Å². The second-order valence-corrected chi connectivity index (χ2v) is 3.91. The Morgan fingerprint density at radius 1 is 1.23 bits per heavy atom. The average Bonchev–Trinajstić information content (AvgIpc) is 2.16. The summed E-state index contributed by atoms with van der Waals surface area (Å²) in [6.45, 7) is 8.47. The zero-order valence-electron chi connectivity index (χ0n) is 9.68. The van der Waals surface area contributed by atoms with Gasteiger partial charge in [0.2, 0.25) is 5.91 Å². The molecule has 0 saturated carbocycles. The molecule has 1 amide bonds. The Bertz CT molecular complexity index is 161. The van der Waals surface area contributed by atoms with Crippen LogP contribution in [0.2, 0.25) is 0 Å². The molecule has 0 heterocycles. The number of hydrogen-bond acceptors (Lipinski definition) is 1. The molecule has 0 aromatic carbocycles. The van der Waals surface area contributed by atoms with Gasteiger partial charge in [-0.1, -0.05) is 20.8 Å². The second kappa shape index (κ2) is 5.25. The normalized spacial score (nSPS) is 11.5. The SMILES string of the molecule is CCCC(=O)N(C)C(C)(CC)CC. The Morgan fingerprint density at radius 2 is 1.69 bits per heavy atom. The van der Waals surface area contributed by atoms with E-state index in [0.29, 0.717) is 6.42 Å². The van der Waals surface area contributed by atoms with Crippen molar-refractivity contribution in [2.75, 3.05) is 7.05 Å². The standard InChI is InChI=1S/C11H23NO/c1-6-9-10(13)12(5)11(4,7-2)8-3/h6-9H2,1-5H3. The number of hydrogen-bond donors (Lipinski definition) is 0. The number of rotatable bonds is 5. The third kappa shape index (κ3) is 3.02. The number of carbonyl (C=O) groups excluding carboxylic acids is 1. The molecule has 0 radical (unpaired) electrons. The van der Waals surface area contributed by atoms with E-state index < -0.39 is 0 Å². The lowest BCUT2D eigenvalue weighted by molar-refractivity contribution is -0.135. The van der Waals surface area contributed by atoms with Crippen LogP contribution in [0.1, 0.15) is 53.4 Å². The Balaban J connectivity index is 4.36. The molecule has 0 saturated heterocycles. The van der Waals surface area contributed by atoms with Crippen LogP contribution in [-0.2, 0) is 4.79 Å². The van der Waals surface area contributed by atoms with Gasteiger partial charge in [-0.15, -0.1) is 0 Å². The van der Waals surface area contributed by atoms with Crippen LogP contribution in [-0.4, -0.2) is 23.4 Å². The highest BCUT2D eigenvalue weighted by atomic mass is 16.2. The van der Waals surface area contributed by atoms with Crippen LogP contribution in [0.5, 0.6) is 0 Å². The summed E-state index contributed by atoms with van der Waals surface area (Å²) in [6, 6.07) is 0. The Morgan fingerprint density at radius 3 is 2.00 bits per heavy atom. The molecular formula is C11H23NO. The maximum absolute atomic E-state index is 11.6. The first-order valence-corrected chi connectivity index (χ1v) is 5.28. The first kappa shape index (κ1) is 12.5. The molecule has 0 aliphatic carbocycles. The lowest BCUT2D eigenvalue weighted by Crippen LogP contribution is -2.46. The van der Waals surface area contributed by atoms with Crippen LogP contribution < -0.4 is 0 Å². The molecule has 0 fully saturated rings. The molecule has 0 unspecified atom stereocenters. The van der Waals surface area contributed by atoms with Crippen LogP contribution in [0, 0.1) is 0 Å². The molecule has 0 bridgehead atoms. The fraction of sp³-hybridized carbons (Fsp3) is 0.909. The Kier molecular flexibility index (Phi) is 5.04. The largest absolute Gasteiger partial charge is 0.340 e. The summed E-state index contributed by atoms with van der Waals surface area (Å²) in [5.74, 6) is 0.272. The molecule has 2 nitrogen and oxygen atoms in total. The minimum Gasteiger partial charge on any atom is -0.340 e. The van der Waals surface area contributed by atoms with Gasteiger partial charge in [-0.25, -0.2) is 0 Å². The molecule has 0 aromatic heterocycles. The predicted octanol–water partition coefficient (Wildman–Crippen LogP) is 2.82. The van der Waals surface area contributed by atoms with Gasteiger partial charge >= 0.3 is 0 Å². The third-order valence-corrected chi connectivity index (χ3v) is 3.17. The van der Waals surface area contributed by atoms with E-state index in [-0.39, 0.29) is 11.4 Å². The highest BCUT2D eigenvalue weighted by Gasteiger charge is 2.27. The summed E-state index contributed by atoms with van der Waals surface area (Å²) < 4.78 is 0. The highest BCUT2D eigenvalue weighted by Crippen LogP contribution is 2.22. The fourth-order valence-electron chi connectivity index (χ4n) is 1.41. The lowest BCUT2D eigenvalue weighted by Gasteiger charge is -2.37. The van der Waals surface area contributed by atoms with E-state index in [0.717, 1.165) is 19.3 Å². The maximum Gasteiger partial charge on any atom is 0.222 e. The van der Waals surface area contributed by atoms with Crippen molar-refractivity contribution in [3.05, 3.63) is 0 Å². The zero-order valence-corrected chi connectivity index (χ0v) is 9.68. The summed E-state index contributed by atoms with van der Waals surface area (Å²) in [7, 11) is 1.92. The zero-order chi connectivity index (χ0) is 10.5. The number of amides is 1. The molecule has 0 aromatic rings. The van der Waals surface area contributed by atoms with Gasteiger partial charge in [-0.3, -0.25) is 4.79 Å². The van der Waals surface area contributed by atoms with Gasteiger partial charge in [-0.05, 0) is 26.2 Å². The van der Waals surface area contributed by atoms with Gasteiger partial charge in [0.1, 0.15) is 0 Å². The van der Waals surface area contributed by atoms with Gasteiger partial charge < -0.3 is 4.90 Å². The van der Waals surface area contributed by atoms with E-state index in [1.807, 2.05) is 18.9 Å². The summed E-state index contributed by atoms with van der Waals surface area (Å²) >= 11 is 0. The minimum absolute atomic E-state index is 0.0479. The molecule has 13 heavy (non-hydrogen) atoms. The molecule has 0 spiro atoms. The van der Waals surface area contributed by atoms with E-state index in [4.69, 9.17) is 0 Å². The van der Waals surface area contributed by atoms with E-state index in [9.17, 15) is 4.79 Å². The van der Waals surface area contributed by atoms with Crippen molar-refractivity contribution in [3.8, 4) is 0 Å². The van der Waals surface area contributed by atoms with Crippen LogP contribution in [0.25, 0.3) is 0 Å². The van der Waals surface area contributed by atoms with Gasteiger partial charge in [-0.2, -0.15) is 0 Å². The van der Waals surface area contributed by atoms with Gasteiger partial charge in [0, 0.05) is 19.0 Å². The number of carbonyl (C=O) groups is 1. The summed E-state index contributed by atoms with van der Waals surface area (Å²) in [5.41, 5.74) is 0.0479. The second-order valence-electron chi connectivity index (χ2n) is 3.91. The van der Waals surface area contributed by atoms with Crippen LogP contribution >= 0.6 is 0 Å². The van der Waals surface area contributed by atoms with Gasteiger partial charge in [0.15, 0.2) is 0 Å². The predicted molar refractivity (Wildman–Crippen MR) is 56.7 cm³/mol. The summed E-state index contributed by atoms with van der Waals surface area (Å²) in [5, 5.41) is 0. The fourth-order valence-corrected chi connectivity index (χ4v) is 1.41. The van der Waals surface area contributed by atoms with E-state index >= 15 is 0 Å². The highest BCUT2D eigenvalue weighted by molar-refractivity contribution is 5.76. The van der Waals surface area contributed by atoms with Gasteiger partial charge in [0.25, 0.3) is 0 Å². The summed E-state index contributed by atoms with van der Waals surface area (Å²) in [6.07, 6.45) is 3.66. The van der Waals surface area contributed by atoms with Gasteiger partial charge in [0.05, 0.1) is 0 Å². The van der Waals surface area contributed by atoms with Crippen molar-refractivity contribution in [2.45, 2.75) is 58.9 Å². The topological polar surface area (TPSA) is 20.3 Å². The maximum atomic E-state index is 11.6. The molecule has 0 N–H and O–H groups in total. The monoisotopic (exact) mass is 185 g/mol. The molecule has 0 aliphatic rings. The van der Waals surface area contributed by atoms with Crippen molar-refractivity contribution in [1.29, 1.82) is 0 Å². The van der Waals surface area contributed by atoms with Crippen LogP contribution in [0.3, 0.4) is 0 Å². The van der Waals surface area contributed by atoms with Crippen molar-refractivity contribution in [1.82, 2.24) is 4.90 Å². The van der Waals surface area contributed by atoms with Crippen molar-refractivity contribution < 1.29 is 4.79 Å². The van der Waals surface area contributed by atoms with E-state index in [2.05, 4.69) is 20.8 Å². The smallest absolute Gasteiger partial charge is 0.222 e.